The summed E-state index contributed by atoms with van der Waals surface area (Å²) in [5, 5.41) is 26.3. The van der Waals surface area contributed by atoms with Crippen molar-refractivity contribution in [1.82, 2.24) is 0 Å². The van der Waals surface area contributed by atoms with E-state index in [1.165, 1.54) is 18.3 Å². The predicted octanol–water partition coefficient (Wildman–Crippen LogP) is 2.55. The van der Waals surface area contributed by atoms with Crippen LogP contribution < -0.4 is 0 Å². The van der Waals surface area contributed by atoms with Gasteiger partial charge in [-0.15, -0.1) is 0 Å². The van der Waals surface area contributed by atoms with Gasteiger partial charge in [0, 0.05) is 11.6 Å². The molecule has 2 aromatic carbocycles. The van der Waals surface area contributed by atoms with E-state index in [0.717, 1.165) is 5.56 Å². The molecule has 2 rings (SSSR count). The van der Waals surface area contributed by atoms with Crippen LogP contribution in [0.4, 0.5) is 0 Å². The quantitative estimate of drug-likeness (QED) is 0.639. The van der Waals surface area contributed by atoms with Crippen molar-refractivity contribution in [3.8, 4) is 11.5 Å². The van der Waals surface area contributed by atoms with Crippen LogP contribution >= 0.6 is 0 Å². The summed E-state index contributed by atoms with van der Waals surface area (Å²) in [6.45, 7) is 0. The second-order valence-electron chi connectivity index (χ2n) is 3.64. The molecule has 0 atom stereocenters. The average molecular weight is 240 g/mol. The Labute approximate surface area is 105 Å². The topological polar surface area (TPSA) is 65.2 Å². The molecular formula is C14H12N2O2. The van der Waals surface area contributed by atoms with Crippen LogP contribution in [0.25, 0.3) is 0 Å². The van der Waals surface area contributed by atoms with Gasteiger partial charge >= 0.3 is 0 Å². The Kier molecular flexibility index (Phi) is 3.71. The summed E-state index contributed by atoms with van der Waals surface area (Å²) in [7, 11) is 0. The van der Waals surface area contributed by atoms with Gasteiger partial charge in [0.05, 0.1) is 12.4 Å². The van der Waals surface area contributed by atoms with Crippen molar-refractivity contribution >= 4 is 12.4 Å². The first-order chi connectivity index (χ1) is 8.75. The number of phenols is 2. The monoisotopic (exact) mass is 240 g/mol. The van der Waals surface area contributed by atoms with Crippen LogP contribution in [0.1, 0.15) is 11.1 Å². The van der Waals surface area contributed by atoms with Crippen molar-refractivity contribution < 1.29 is 10.2 Å². The third kappa shape index (κ3) is 3.18. The highest BCUT2D eigenvalue weighted by Crippen LogP contribution is 2.20. The van der Waals surface area contributed by atoms with Crippen molar-refractivity contribution in [2.75, 3.05) is 0 Å². The van der Waals surface area contributed by atoms with Crippen molar-refractivity contribution in [3.05, 3.63) is 59.7 Å². The van der Waals surface area contributed by atoms with Gasteiger partial charge in [0.25, 0.3) is 0 Å². The van der Waals surface area contributed by atoms with E-state index >= 15 is 0 Å². The maximum atomic E-state index is 9.50. The normalized spacial score (nSPS) is 11.3. The molecule has 2 aromatic rings. The van der Waals surface area contributed by atoms with Crippen LogP contribution in [0.2, 0.25) is 0 Å². The minimum absolute atomic E-state index is 0.0115. The molecule has 0 amide bonds. The Morgan fingerprint density at radius 2 is 1.56 bits per heavy atom. The maximum absolute atomic E-state index is 9.50. The number of nitrogens with zero attached hydrogens (tertiary/aromatic N) is 2. The van der Waals surface area contributed by atoms with Crippen molar-refractivity contribution in [3.63, 3.8) is 0 Å². The third-order valence-corrected chi connectivity index (χ3v) is 2.28. The van der Waals surface area contributed by atoms with Gasteiger partial charge < -0.3 is 10.2 Å². The first-order valence-corrected chi connectivity index (χ1v) is 5.39. The highest BCUT2D eigenvalue weighted by Gasteiger charge is 1.98. The van der Waals surface area contributed by atoms with Crippen LogP contribution in [0.15, 0.2) is 58.7 Å². The molecule has 0 aromatic heterocycles. The molecule has 0 aliphatic carbocycles. The number of phenolic OH excluding ortho intramolecular Hbond substituents is 2. The minimum Gasteiger partial charge on any atom is -0.508 e. The summed E-state index contributed by atoms with van der Waals surface area (Å²) >= 11 is 0. The van der Waals surface area contributed by atoms with Crippen LogP contribution in [0.3, 0.4) is 0 Å². The minimum atomic E-state index is -0.0336. The first kappa shape index (κ1) is 11.9. The van der Waals surface area contributed by atoms with E-state index in [9.17, 15) is 5.11 Å². The van der Waals surface area contributed by atoms with E-state index in [2.05, 4.69) is 10.2 Å². The Morgan fingerprint density at radius 3 is 2.28 bits per heavy atom. The Hall–Kier alpha value is -2.62. The predicted molar refractivity (Wildman–Crippen MR) is 71.4 cm³/mol. The van der Waals surface area contributed by atoms with Gasteiger partial charge in [0.15, 0.2) is 0 Å². The van der Waals surface area contributed by atoms with Crippen molar-refractivity contribution in [2.45, 2.75) is 0 Å². The van der Waals surface area contributed by atoms with Crippen LogP contribution in [0.5, 0.6) is 11.5 Å². The second-order valence-corrected chi connectivity index (χ2v) is 3.64. The van der Waals surface area contributed by atoms with Gasteiger partial charge in [-0.1, -0.05) is 30.3 Å². The van der Waals surface area contributed by atoms with E-state index < -0.39 is 0 Å². The van der Waals surface area contributed by atoms with Crippen LogP contribution in [0, 0.1) is 0 Å². The molecule has 0 bridgehead atoms. The summed E-state index contributed by atoms with van der Waals surface area (Å²) in [6.07, 6.45) is 3.04. The van der Waals surface area contributed by atoms with E-state index in [4.69, 9.17) is 5.11 Å². The van der Waals surface area contributed by atoms with E-state index in [0.29, 0.717) is 5.56 Å². The fourth-order valence-electron chi connectivity index (χ4n) is 1.38. The third-order valence-electron chi connectivity index (χ3n) is 2.28. The van der Waals surface area contributed by atoms with Crippen LogP contribution in [-0.4, -0.2) is 22.6 Å². The Balaban J connectivity index is 2.06. The molecule has 0 aliphatic heterocycles. The Morgan fingerprint density at radius 1 is 0.833 bits per heavy atom. The standard InChI is InChI=1S/C14H12N2O2/c17-13-7-6-12(14(18)8-13)10-16-15-9-11-4-2-1-3-5-11/h1-10,17-18H. The fraction of sp³-hybridized carbons (Fsp3) is 0. The lowest BCUT2D eigenvalue weighted by atomic mass is 10.2. The van der Waals surface area contributed by atoms with Crippen molar-refractivity contribution in [1.29, 1.82) is 0 Å². The molecule has 0 radical (unpaired) electrons. The van der Waals surface area contributed by atoms with E-state index in [-0.39, 0.29) is 11.5 Å². The summed E-state index contributed by atoms with van der Waals surface area (Å²) in [5.74, 6) is -0.0221. The Bertz CT molecular complexity index is 578. The van der Waals surface area contributed by atoms with Gasteiger partial charge in [0.1, 0.15) is 11.5 Å². The molecule has 2 N–H and O–H groups in total. The largest absolute Gasteiger partial charge is 0.508 e. The average Bonchev–Trinajstić information content (AvgIpc) is 2.38. The first-order valence-electron chi connectivity index (χ1n) is 5.39. The maximum Gasteiger partial charge on any atom is 0.128 e. The van der Waals surface area contributed by atoms with E-state index in [1.54, 1.807) is 12.3 Å². The highest BCUT2D eigenvalue weighted by molar-refractivity contribution is 5.85. The fourth-order valence-corrected chi connectivity index (χ4v) is 1.38. The van der Waals surface area contributed by atoms with Gasteiger partial charge in [-0.2, -0.15) is 10.2 Å². The molecule has 0 saturated carbocycles. The number of aromatic hydroxyl groups is 2. The molecule has 0 fully saturated rings. The lowest BCUT2D eigenvalue weighted by molar-refractivity contribution is 0.450. The van der Waals surface area contributed by atoms with Gasteiger partial charge in [-0.3, -0.25) is 0 Å². The summed E-state index contributed by atoms with van der Waals surface area (Å²) < 4.78 is 0. The number of hydrogen-bond acceptors (Lipinski definition) is 4. The lowest BCUT2D eigenvalue weighted by Crippen LogP contribution is -1.82. The van der Waals surface area contributed by atoms with Crippen molar-refractivity contribution in [2.24, 2.45) is 10.2 Å². The molecule has 4 heteroatoms. The highest BCUT2D eigenvalue weighted by atomic mass is 16.3. The SMILES string of the molecule is Oc1ccc(C=NN=Cc2ccccc2)c(O)c1. The molecular weight excluding hydrogens is 228 g/mol. The van der Waals surface area contributed by atoms with Gasteiger partial charge in [-0.25, -0.2) is 0 Å². The van der Waals surface area contributed by atoms with Gasteiger partial charge in [0.2, 0.25) is 0 Å². The molecule has 4 nitrogen and oxygen atoms in total. The molecule has 18 heavy (non-hydrogen) atoms. The molecule has 0 saturated heterocycles. The number of benzene rings is 2. The molecule has 0 unspecified atom stereocenters. The zero-order valence-electron chi connectivity index (χ0n) is 9.56. The second kappa shape index (κ2) is 5.63. The number of hydrogen-bond donors (Lipinski definition) is 2. The summed E-state index contributed by atoms with van der Waals surface area (Å²) in [4.78, 5) is 0. The van der Waals surface area contributed by atoms with Gasteiger partial charge in [-0.05, 0) is 17.7 Å². The summed E-state index contributed by atoms with van der Waals surface area (Å²) in [5.41, 5.74) is 1.45. The number of rotatable bonds is 3. The molecule has 0 spiro atoms. The smallest absolute Gasteiger partial charge is 0.128 e. The lowest BCUT2D eigenvalue weighted by Gasteiger charge is -1.97. The zero-order valence-corrected chi connectivity index (χ0v) is 9.56. The molecule has 0 aliphatic rings. The van der Waals surface area contributed by atoms with E-state index in [1.807, 2.05) is 30.3 Å². The molecule has 90 valence electrons. The molecule has 0 heterocycles. The summed E-state index contributed by atoms with van der Waals surface area (Å²) in [6, 6.07) is 13.9. The van der Waals surface area contributed by atoms with Crippen LogP contribution in [-0.2, 0) is 0 Å². The zero-order chi connectivity index (χ0) is 12.8.